The Morgan fingerprint density at radius 1 is 1.25 bits per heavy atom. The number of nitrogens with one attached hydrogen (secondary N) is 2. The lowest BCUT2D eigenvalue weighted by Gasteiger charge is -2.24. The van der Waals surface area contributed by atoms with Gasteiger partial charge in [0, 0.05) is 37.2 Å². The molecule has 1 aliphatic heterocycles. The number of pyridine rings is 1. The zero-order chi connectivity index (χ0) is 18.4. The first kappa shape index (κ1) is 24.6. The number of halogens is 2. The zero-order valence-corrected chi connectivity index (χ0v) is 18.2. The highest BCUT2D eigenvalue weighted by Crippen LogP contribution is 2.27. The summed E-state index contributed by atoms with van der Waals surface area (Å²) in [6.45, 7) is 2.42. The lowest BCUT2D eigenvalue weighted by atomic mass is 9.96. The molecule has 0 saturated carbocycles. The number of hydrogen-bond acceptors (Lipinski definition) is 7. The average molecular weight is 448 g/mol. The minimum absolute atomic E-state index is 0. The molecule has 1 aliphatic rings. The van der Waals surface area contributed by atoms with Crippen LogP contribution in [-0.4, -0.2) is 49.3 Å². The number of sulfone groups is 1. The normalized spacial score (nSPS) is 16.5. The van der Waals surface area contributed by atoms with Crippen LogP contribution in [0.1, 0.15) is 36.6 Å². The highest BCUT2D eigenvalue weighted by Gasteiger charge is 2.25. The Hall–Kier alpha value is -1.48. The molecule has 1 saturated heterocycles. The molecule has 10 heteroatoms. The van der Waals surface area contributed by atoms with Crippen LogP contribution in [0.25, 0.3) is 0 Å². The van der Waals surface area contributed by atoms with Gasteiger partial charge in [0.1, 0.15) is 4.90 Å². The van der Waals surface area contributed by atoms with Gasteiger partial charge in [-0.15, -0.1) is 24.8 Å². The van der Waals surface area contributed by atoms with Crippen LogP contribution >= 0.6 is 24.8 Å². The SMILES string of the molecule is CS(=O)(=O)c1cnc(NCCCc2ccccn2)nc1C1CCCNC1.Cl.Cl. The topological polar surface area (TPSA) is 96.9 Å². The van der Waals surface area contributed by atoms with Crippen molar-refractivity contribution in [3.05, 3.63) is 42.0 Å². The molecule has 3 rings (SSSR count). The number of hydrogen-bond donors (Lipinski definition) is 2. The summed E-state index contributed by atoms with van der Waals surface area (Å²) in [6.07, 6.45) is 8.17. The molecule has 2 aromatic heterocycles. The van der Waals surface area contributed by atoms with Crippen LogP contribution in [0, 0.1) is 0 Å². The van der Waals surface area contributed by atoms with Gasteiger partial charge in [-0.2, -0.15) is 0 Å². The number of piperidine rings is 1. The van der Waals surface area contributed by atoms with Gasteiger partial charge in [-0.1, -0.05) is 6.07 Å². The fraction of sp³-hybridized carbons (Fsp3) is 0.500. The summed E-state index contributed by atoms with van der Waals surface area (Å²) < 4.78 is 24.2. The molecule has 2 N–H and O–H groups in total. The maximum atomic E-state index is 12.1. The van der Waals surface area contributed by atoms with Gasteiger partial charge in [-0.25, -0.2) is 18.4 Å². The molecule has 1 unspecified atom stereocenters. The van der Waals surface area contributed by atoms with Crippen LogP contribution in [0.3, 0.4) is 0 Å². The smallest absolute Gasteiger partial charge is 0.222 e. The predicted octanol–water partition coefficient (Wildman–Crippen LogP) is 2.63. The molecule has 0 amide bonds. The number of aromatic nitrogens is 3. The summed E-state index contributed by atoms with van der Waals surface area (Å²) in [5.41, 5.74) is 1.68. The second-order valence-electron chi connectivity index (χ2n) is 6.61. The van der Waals surface area contributed by atoms with Crippen LogP contribution in [0.4, 0.5) is 5.95 Å². The molecule has 0 aromatic carbocycles. The van der Waals surface area contributed by atoms with Crippen molar-refractivity contribution in [2.75, 3.05) is 31.2 Å². The maximum absolute atomic E-state index is 12.1. The second-order valence-corrected chi connectivity index (χ2v) is 8.59. The highest BCUT2D eigenvalue weighted by atomic mass is 35.5. The van der Waals surface area contributed by atoms with Crippen molar-refractivity contribution in [3.63, 3.8) is 0 Å². The largest absolute Gasteiger partial charge is 0.354 e. The minimum Gasteiger partial charge on any atom is -0.354 e. The predicted molar refractivity (Wildman–Crippen MR) is 116 cm³/mol. The van der Waals surface area contributed by atoms with E-state index in [0.717, 1.165) is 44.5 Å². The first-order valence-corrected chi connectivity index (χ1v) is 10.8. The molecular formula is C18H27Cl2N5O2S. The van der Waals surface area contributed by atoms with Crippen LogP contribution < -0.4 is 10.6 Å². The Labute approximate surface area is 178 Å². The fourth-order valence-corrected chi connectivity index (χ4v) is 3.98. The van der Waals surface area contributed by atoms with Crippen molar-refractivity contribution in [3.8, 4) is 0 Å². The van der Waals surface area contributed by atoms with E-state index in [2.05, 4.69) is 25.6 Å². The van der Waals surface area contributed by atoms with Gasteiger partial charge < -0.3 is 10.6 Å². The van der Waals surface area contributed by atoms with E-state index in [0.29, 0.717) is 18.2 Å². The molecule has 1 fully saturated rings. The van der Waals surface area contributed by atoms with E-state index >= 15 is 0 Å². The first-order chi connectivity index (χ1) is 12.5. The number of aryl methyl sites for hydroxylation is 1. The lowest BCUT2D eigenvalue weighted by Crippen LogP contribution is -2.30. The summed E-state index contributed by atoms with van der Waals surface area (Å²) in [4.78, 5) is 13.3. The Bertz CT molecular complexity index is 831. The first-order valence-electron chi connectivity index (χ1n) is 8.95. The van der Waals surface area contributed by atoms with Crippen molar-refractivity contribution in [2.24, 2.45) is 0 Å². The highest BCUT2D eigenvalue weighted by molar-refractivity contribution is 7.90. The molecule has 3 heterocycles. The van der Waals surface area contributed by atoms with E-state index < -0.39 is 9.84 Å². The standard InChI is InChI=1S/C18H25N5O2S.2ClH/c1-26(24,25)16-13-22-18(23-17(16)14-6-4-9-19-12-14)21-11-5-8-15-7-2-3-10-20-15;;/h2-3,7,10,13-14,19H,4-6,8-9,11-12H2,1H3,(H,21,22,23);2*1H. The molecule has 0 radical (unpaired) electrons. The summed E-state index contributed by atoms with van der Waals surface area (Å²) in [5, 5.41) is 6.53. The lowest BCUT2D eigenvalue weighted by molar-refractivity contribution is 0.448. The monoisotopic (exact) mass is 447 g/mol. The summed E-state index contributed by atoms with van der Waals surface area (Å²) in [7, 11) is -3.35. The van der Waals surface area contributed by atoms with Crippen molar-refractivity contribution in [2.45, 2.75) is 36.5 Å². The Morgan fingerprint density at radius 2 is 2.07 bits per heavy atom. The quantitative estimate of drug-likeness (QED) is 0.629. The van der Waals surface area contributed by atoms with E-state index in [4.69, 9.17) is 0 Å². The Balaban J connectivity index is 0.00000196. The van der Waals surface area contributed by atoms with Crippen molar-refractivity contribution in [1.82, 2.24) is 20.3 Å². The van der Waals surface area contributed by atoms with Gasteiger partial charge in [0.2, 0.25) is 5.95 Å². The molecule has 1 atom stereocenters. The zero-order valence-electron chi connectivity index (χ0n) is 15.8. The van der Waals surface area contributed by atoms with E-state index in [9.17, 15) is 8.42 Å². The molecule has 156 valence electrons. The van der Waals surface area contributed by atoms with E-state index in [1.807, 2.05) is 18.2 Å². The van der Waals surface area contributed by atoms with Gasteiger partial charge in [-0.05, 0) is 44.4 Å². The third kappa shape index (κ3) is 6.84. The van der Waals surface area contributed by atoms with Crippen molar-refractivity contribution in [1.29, 1.82) is 0 Å². The van der Waals surface area contributed by atoms with Gasteiger partial charge >= 0.3 is 0 Å². The van der Waals surface area contributed by atoms with Gasteiger partial charge in [0.05, 0.1) is 11.9 Å². The van der Waals surface area contributed by atoms with Crippen LogP contribution in [0.2, 0.25) is 0 Å². The summed E-state index contributed by atoms with van der Waals surface area (Å²) in [5.74, 6) is 0.588. The molecule has 0 aliphatic carbocycles. The van der Waals surface area contributed by atoms with Gasteiger partial charge in [-0.3, -0.25) is 4.98 Å². The Morgan fingerprint density at radius 3 is 2.71 bits per heavy atom. The number of anilines is 1. The maximum Gasteiger partial charge on any atom is 0.222 e. The third-order valence-electron chi connectivity index (χ3n) is 4.48. The molecule has 0 spiro atoms. The van der Waals surface area contributed by atoms with Gasteiger partial charge in [0.25, 0.3) is 0 Å². The fourth-order valence-electron chi connectivity index (χ4n) is 3.15. The van der Waals surface area contributed by atoms with E-state index in [1.54, 1.807) is 6.20 Å². The number of nitrogens with zero attached hydrogens (tertiary/aromatic N) is 3. The summed E-state index contributed by atoms with van der Waals surface area (Å²) in [6, 6.07) is 5.89. The van der Waals surface area contributed by atoms with Crippen LogP contribution in [0.5, 0.6) is 0 Å². The second kappa shape index (κ2) is 11.5. The molecular weight excluding hydrogens is 421 g/mol. The molecule has 2 aromatic rings. The molecule has 7 nitrogen and oxygen atoms in total. The third-order valence-corrected chi connectivity index (χ3v) is 5.60. The van der Waals surface area contributed by atoms with E-state index in [-0.39, 0.29) is 35.6 Å². The van der Waals surface area contributed by atoms with Crippen LogP contribution in [0.15, 0.2) is 35.5 Å². The molecule has 28 heavy (non-hydrogen) atoms. The van der Waals surface area contributed by atoms with Crippen molar-refractivity contribution >= 4 is 40.6 Å². The molecule has 0 bridgehead atoms. The van der Waals surface area contributed by atoms with Crippen LogP contribution in [-0.2, 0) is 16.3 Å². The minimum atomic E-state index is -3.35. The van der Waals surface area contributed by atoms with Crippen molar-refractivity contribution < 1.29 is 8.42 Å². The summed E-state index contributed by atoms with van der Waals surface area (Å²) >= 11 is 0. The average Bonchev–Trinajstić information content (AvgIpc) is 2.66. The van der Waals surface area contributed by atoms with Gasteiger partial charge in [0.15, 0.2) is 9.84 Å². The Kier molecular flexibility index (Phi) is 10.1. The number of rotatable bonds is 7. The van der Waals surface area contributed by atoms with E-state index in [1.165, 1.54) is 12.5 Å².